The summed E-state index contributed by atoms with van der Waals surface area (Å²) in [4.78, 5) is 14.1. The van der Waals surface area contributed by atoms with Gasteiger partial charge < -0.3 is 14.8 Å². The van der Waals surface area contributed by atoms with Crippen molar-refractivity contribution in [3.05, 3.63) is 52.4 Å². The highest BCUT2D eigenvalue weighted by molar-refractivity contribution is 9.10. The molecule has 5 nitrogen and oxygen atoms in total. The molecule has 0 spiro atoms. The van der Waals surface area contributed by atoms with E-state index < -0.39 is 0 Å². The molecule has 0 aliphatic heterocycles. The monoisotopic (exact) mass is 352 g/mol. The summed E-state index contributed by atoms with van der Waals surface area (Å²) >= 11 is 3.29. The van der Waals surface area contributed by atoms with Crippen molar-refractivity contribution in [1.29, 1.82) is 0 Å². The third-order valence-corrected chi connectivity index (χ3v) is 3.65. The van der Waals surface area contributed by atoms with E-state index in [0.29, 0.717) is 6.54 Å². The number of phenols is 1. The van der Waals surface area contributed by atoms with Gasteiger partial charge in [-0.3, -0.25) is 9.69 Å². The van der Waals surface area contributed by atoms with Crippen molar-refractivity contribution in [1.82, 2.24) is 10.2 Å². The predicted molar refractivity (Wildman–Crippen MR) is 83.3 cm³/mol. The fraction of sp³-hybridized carbons (Fsp3) is 0.267. The Kier molecular flexibility index (Phi) is 5.03. The quantitative estimate of drug-likeness (QED) is 0.868. The topological polar surface area (TPSA) is 65.7 Å². The van der Waals surface area contributed by atoms with Crippen molar-refractivity contribution in [3.63, 3.8) is 0 Å². The standard InChI is InChI=1S/C15H17BrN2O3/c1-18(2)12(14-4-3-7-21-14)9-17-15(20)11-8-10(16)5-6-13(11)19/h3-8,12,19H,9H2,1-2H3,(H,17,20). The summed E-state index contributed by atoms with van der Waals surface area (Å²) in [6.07, 6.45) is 1.60. The van der Waals surface area contributed by atoms with Gasteiger partial charge in [0.15, 0.2) is 0 Å². The van der Waals surface area contributed by atoms with Gasteiger partial charge in [0.2, 0.25) is 0 Å². The fourth-order valence-corrected chi connectivity index (χ4v) is 2.35. The third kappa shape index (κ3) is 3.86. The summed E-state index contributed by atoms with van der Waals surface area (Å²) in [5.74, 6) is 0.404. The molecule has 2 aromatic rings. The van der Waals surface area contributed by atoms with Crippen molar-refractivity contribution < 1.29 is 14.3 Å². The highest BCUT2D eigenvalue weighted by atomic mass is 79.9. The van der Waals surface area contributed by atoms with Crippen LogP contribution in [0.25, 0.3) is 0 Å². The van der Waals surface area contributed by atoms with Crippen LogP contribution in [0.2, 0.25) is 0 Å². The number of halogens is 1. The molecule has 1 unspecified atom stereocenters. The minimum Gasteiger partial charge on any atom is -0.507 e. The lowest BCUT2D eigenvalue weighted by molar-refractivity contribution is 0.0936. The minimum absolute atomic E-state index is 0.0462. The molecule has 2 N–H and O–H groups in total. The molecule has 0 aliphatic rings. The number of carbonyl (C=O) groups is 1. The molecule has 1 atom stereocenters. The Morgan fingerprint density at radius 1 is 1.43 bits per heavy atom. The van der Waals surface area contributed by atoms with Crippen molar-refractivity contribution in [3.8, 4) is 5.75 Å². The molecule has 0 saturated heterocycles. The normalized spacial score (nSPS) is 12.4. The number of hydrogen-bond donors (Lipinski definition) is 2. The van der Waals surface area contributed by atoms with Crippen LogP contribution in [0.15, 0.2) is 45.5 Å². The van der Waals surface area contributed by atoms with Crippen LogP contribution in [0.4, 0.5) is 0 Å². The van der Waals surface area contributed by atoms with Crippen LogP contribution >= 0.6 is 15.9 Å². The minimum atomic E-state index is -0.327. The highest BCUT2D eigenvalue weighted by Gasteiger charge is 2.19. The average molecular weight is 353 g/mol. The van der Waals surface area contributed by atoms with Gasteiger partial charge in [-0.05, 0) is 44.4 Å². The summed E-state index contributed by atoms with van der Waals surface area (Å²) in [6.45, 7) is 0.380. The van der Waals surface area contributed by atoms with E-state index in [4.69, 9.17) is 4.42 Å². The second kappa shape index (κ2) is 6.78. The zero-order valence-electron chi connectivity index (χ0n) is 11.8. The van der Waals surface area contributed by atoms with Gasteiger partial charge in [0.05, 0.1) is 17.9 Å². The number of likely N-dealkylation sites (N-methyl/N-ethyl adjacent to an activating group) is 1. The van der Waals surface area contributed by atoms with Crippen LogP contribution in [-0.2, 0) is 0 Å². The van der Waals surface area contributed by atoms with Gasteiger partial charge in [-0.25, -0.2) is 0 Å². The molecule has 112 valence electrons. The van der Waals surface area contributed by atoms with Gasteiger partial charge in [0.1, 0.15) is 11.5 Å². The number of rotatable bonds is 5. The van der Waals surface area contributed by atoms with Gasteiger partial charge in [0.25, 0.3) is 5.91 Å². The van der Waals surface area contributed by atoms with Crippen LogP contribution in [0.1, 0.15) is 22.2 Å². The van der Waals surface area contributed by atoms with Gasteiger partial charge >= 0.3 is 0 Å². The number of phenolic OH excluding ortho intramolecular Hbond substituents is 1. The Hall–Kier alpha value is -1.79. The van der Waals surface area contributed by atoms with Gasteiger partial charge in [0, 0.05) is 11.0 Å². The van der Waals surface area contributed by atoms with Crippen LogP contribution in [-0.4, -0.2) is 36.6 Å². The molecule has 0 aliphatic carbocycles. The first kappa shape index (κ1) is 15.6. The molecular formula is C15H17BrN2O3. The number of carbonyl (C=O) groups excluding carboxylic acids is 1. The van der Waals surface area contributed by atoms with E-state index >= 15 is 0 Å². The number of hydrogen-bond acceptors (Lipinski definition) is 4. The van der Waals surface area contributed by atoms with E-state index in [1.165, 1.54) is 6.07 Å². The van der Waals surface area contributed by atoms with E-state index in [0.717, 1.165) is 10.2 Å². The summed E-state index contributed by atoms with van der Waals surface area (Å²) in [7, 11) is 3.83. The molecule has 21 heavy (non-hydrogen) atoms. The Balaban J connectivity index is 2.07. The maximum Gasteiger partial charge on any atom is 0.255 e. The molecule has 1 aromatic carbocycles. The Labute approximate surface area is 131 Å². The molecule has 0 saturated carbocycles. The Morgan fingerprint density at radius 2 is 2.19 bits per heavy atom. The van der Waals surface area contributed by atoms with Crippen LogP contribution < -0.4 is 5.32 Å². The number of furan rings is 1. The summed E-state index contributed by atoms with van der Waals surface area (Å²) in [6, 6.07) is 8.36. The fourth-order valence-electron chi connectivity index (χ4n) is 1.99. The lowest BCUT2D eigenvalue weighted by atomic mass is 10.1. The van der Waals surface area contributed by atoms with E-state index in [1.54, 1.807) is 18.4 Å². The highest BCUT2D eigenvalue weighted by Crippen LogP contribution is 2.22. The first-order chi connectivity index (χ1) is 9.99. The number of aromatic hydroxyl groups is 1. The van der Waals surface area contributed by atoms with E-state index in [1.807, 2.05) is 31.1 Å². The third-order valence-electron chi connectivity index (χ3n) is 3.15. The smallest absolute Gasteiger partial charge is 0.255 e. The van der Waals surface area contributed by atoms with Gasteiger partial charge in [-0.15, -0.1) is 0 Å². The lowest BCUT2D eigenvalue weighted by Crippen LogP contribution is -2.34. The van der Waals surface area contributed by atoms with Crippen LogP contribution in [0.3, 0.4) is 0 Å². The number of nitrogens with zero attached hydrogens (tertiary/aromatic N) is 1. The molecule has 1 heterocycles. The summed E-state index contributed by atoms with van der Waals surface area (Å²) < 4.78 is 6.12. The zero-order chi connectivity index (χ0) is 15.4. The Morgan fingerprint density at radius 3 is 2.81 bits per heavy atom. The molecule has 2 rings (SSSR count). The maximum atomic E-state index is 12.2. The van der Waals surface area contributed by atoms with E-state index in [-0.39, 0.29) is 23.3 Å². The zero-order valence-corrected chi connectivity index (χ0v) is 13.4. The second-order valence-electron chi connectivity index (χ2n) is 4.87. The molecular weight excluding hydrogens is 336 g/mol. The summed E-state index contributed by atoms with van der Waals surface area (Å²) in [5, 5.41) is 12.6. The van der Waals surface area contributed by atoms with Crippen molar-refractivity contribution in [2.45, 2.75) is 6.04 Å². The van der Waals surface area contributed by atoms with Crippen molar-refractivity contribution in [2.24, 2.45) is 0 Å². The van der Waals surface area contributed by atoms with Gasteiger partial charge in [-0.2, -0.15) is 0 Å². The SMILES string of the molecule is CN(C)C(CNC(=O)c1cc(Br)ccc1O)c1ccco1. The molecule has 1 amide bonds. The maximum absolute atomic E-state index is 12.2. The number of nitrogens with one attached hydrogen (secondary N) is 1. The molecule has 0 bridgehead atoms. The van der Waals surface area contributed by atoms with Gasteiger partial charge in [-0.1, -0.05) is 15.9 Å². The lowest BCUT2D eigenvalue weighted by Gasteiger charge is -2.22. The second-order valence-corrected chi connectivity index (χ2v) is 5.78. The van der Waals surface area contributed by atoms with E-state index in [2.05, 4.69) is 21.2 Å². The van der Waals surface area contributed by atoms with E-state index in [9.17, 15) is 9.90 Å². The Bertz CT molecular complexity index is 611. The molecule has 0 fully saturated rings. The molecule has 6 heteroatoms. The molecule has 0 radical (unpaired) electrons. The van der Waals surface area contributed by atoms with Crippen molar-refractivity contribution in [2.75, 3.05) is 20.6 Å². The first-order valence-electron chi connectivity index (χ1n) is 6.45. The van der Waals surface area contributed by atoms with Crippen molar-refractivity contribution >= 4 is 21.8 Å². The van der Waals surface area contributed by atoms with Crippen LogP contribution in [0, 0.1) is 0 Å². The largest absolute Gasteiger partial charge is 0.507 e. The summed E-state index contributed by atoms with van der Waals surface area (Å²) in [5.41, 5.74) is 0.237. The average Bonchev–Trinajstić information content (AvgIpc) is 2.95. The van der Waals surface area contributed by atoms with Crippen LogP contribution in [0.5, 0.6) is 5.75 Å². The predicted octanol–water partition coefficient (Wildman–Crippen LogP) is 2.78. The number of benzene rings is 1. The first-order valence-corrected chi connectivity index (χ1v) is 7.25. The number of amides is 1. The molecule has 1 aromatic heterocycles.